The number of nitrogens with zero attached hydrogens (tertiary/aromatic N) is 3. The van der Waals surface area contributed by atoms with Crippen LogP contribution in [0.2, 0.25) is 0 Å². The first kappa shape index (κ1) is 37.9. The fraction of sp³-hybridized carbons (Fsp3) is 0.400. The van der Waals surface area contributed by atoms with E-state index in [1.165, 1.54) is 16.5 Å². The zero-order valence-electron chi connectivity index (χ0n) is 33.2. The number of benzene rings is 1. The Hall–Kier alpha value is -5.09. The van der Waals surface area contributed by atoms with Crippen LogP contribution in [-0.4, -0.2) is 63.0 Å². The Morgan fingerprint density at radius 2 is 1.93 bits per heavy atom. The van der Waals surface area contributed by atoms with Gasteiger partial charge in [0.25, 0.3) is 0 Å². The van der Waals surface area contributed by atoms with Gasteiger partial charge in [0.15, 0.2) is 11.0 Å². The number of phenols is 1. The van der Waals surface area contributed by atoms with Gasteiger partial charge >= 0.3 is 5.97 Å². The second-order valence-corrected chi connectivity index (χ2v) is 19.9. The van der Waals surface area contributed by atoms with Gasteiger partial charge in [-0.05, 0) is 75.3 Å². The molecule has 2 saturated heterocycles. The van der Waals surface area contributed by atoms with E-state index in [9.17, 15) is 14.7 Å². The quantitative estimate of drug-likeness (QED) is 0.0860. The minimum absolute atomic E-state index is 0.0926. The first-order valence-corrected chi connectivity index (χ1v) is 23.1. The van der Waals surface area contributed by atoms with Gasteiger partial charge < -0.3 is 35.2 Å². The summed E-state index contributed by atoms with van der Waals surface area (Å²) in [7, 11) is 3.33. The summed E-state index contributed by atoms with van der Waals surface area (Å²) >= 11 is 0. The number of aromatic nitrogens is 2. The van der Waals surface area contributed by atoms with Crippen molar-refractivity contribution in [3.8, 4) is 22.8 Å². The molecule has 8 atom stereocenters. The van der Waals surface area contributed by atoms with Crippen LogP contribution in [-0.2, 0) is 33.0 Å². The van der Waals surface area contributed by atoms with Crippen LogP contribution in [0.3, 0.4) is 0 Å². The van der Waals surface area contributed by atoms with Crippen molar-refractivity contribution in [3.63, 3.8) is 0 Å². The first-order chi connectivity index (χ1) is 29.0. The van der Waals surface area contributed by atoms with Crippen molar-refractivity contribution in [1.29, 1.82) is 0 Å². The summed E-state index contributed by atoms with van der Waals surface area (Å²) in [6, 6.07) is 9.15. The smallest absolute Gasteiger partial charge is 0.342 e. The number of quaternary nitrogens is 1. The van der Waals surface area contributed by atoms with Gasteiger partial charge in [0.05, 0.1) is 17.5 Å². The Balaban J connectivity index is 0.986. The minimum Gasteiger partial charge on any atom is -0.507 e. The Morgan fingerprint density at radius 1 is 1.05 bits per heavy atom. The van der Waals surface area contributed by atoms with E-state index >= 15 is 0 Å². The Bertz CT molecular complexity index is 2710. The number of aryl methyl sites for hydroxylation is 2. The first-order valence-electron chi connectivity index (χ1n) is 20.6. The summed E-state index contributed by atoms with van der Waals surface area (Å²) in [4.78, 5) is 43.6. The molecule has 7 aliphatic heterocycles. The van der Waals surface area contributed by atoms with Crippen LogP contribution in [0, 0.1) is 18.8 Å². The van der Waals surface area contributed by atoms with Gasteiger partial charge in [0, 0.05) is 70.4 Å². The normalized spacial score (nSPS) is 31.3. The van der Waals surface area contributed by atoms with Gasteiger partial charge in [0.1, 0.15) is 76.6 Å². The summed E-state index contributed by atoms with van der Waals surface area (Å²) in [6.07, 6.45) is 12.2. The highest BCUT2D eigenvalue weighted by atomic mass is 33.1. The van der Waals surface area contributed by atoms with E-state index in [4.69, 9.17) is 40.1 Å². The molecule has 2 fully saturated rings. The minimum atomic E-state index is -1.16. The molecule has 8 unspecified atom stereocenters. The van der Waals surface area contributed by atoms with Crippen LogP contribution in [0.1, 0.15) is 66.7 Å². The number of ether oxygens (including phenoxy) is 3. The monoisotopic (exact) mass is 845 g/mol. The zero-order valence-corrected chi connectivity index (χ0v) is 34.9. The number of esters is 1. The SMILES string of the molecule is Cc1cc(=O)c2c(O)c3c(cc2o1)OC1(C)CCSSCc2c(cc(C[NH+]4C=C5N=CC=C5C4)nc2N)-c2cc(cc(N)n2)CCC2OC24C(=O)OC1C3C1C=CC4CC1. The molecule has 6 bridgehead atoms. The second-order valence-electron chi connectivity index (χ2n) is 17.3. The van der Waals surface area contributed by atoms with Crippen LogP contribution in [0.15, 0.2) is 80.2 Å². The lowest BCUT2D eigenvalue weighted by Gasteiger charge is -2.48. The number of carbonyl (C=O) groups is 1. The van der Waals surface area contributed by atoms with Crippen LogP contribution in [0.25, 0.3) is 22.2 Å². The number of phenolic OH excluding ortho intramolecular Hbond substituents is 1. The predicted molar refractivity (Wildman–Crippen MR) is 231 cm³/mol. The molecule has 308 valence electrons. The lowest BCUT2D eigenvalue weighted by atomic mass is 9.68. The van der Waals surface area contributed by atoms with Crippen LogP contribution >= 0.6 is 21.6 Å². The summed E-state index contributed by atoms with van der Waals surface area (Å²) in [5, 5.41) is 12.1. The number of nitrogens with two attached hydrogens (primary N) is 2. The second kappa shape index (κ2) is 14.0. The molecular formula is C45H45N6O7S2+. The molecular weight excluding hydrogens is 801 g/mol. The van der Waals surface area contributed by atoms with E-state index in [2.05, 4.69) is 41.6 Å². The number of epoxide rings is 1. The van der Waals surface area contributed by atoms with E-state index in [0.717, 1.165) is 46.7 Å². The lowest BCUT2D eigenvalue weighted by Crippen LogP contribution is -3.04. The van der Waals surface area contributed by atoms with E-state index < -0.39 is 29.2 Å². The number of nitrogens with one attached hydrogen (secondary N) is 1. The maximum Gasteiger partial charge on any atom is 0.342 e. The van der Waals surface area contributed by atoms with E-state index in [0.29, 0.717) is 72.4 Å². The number of rotatable bonds is 2. The van der Waals surface area contributed by atoms with Crippen molar-refractivity contribution < 1.29 is 33.4 Å². The lowest BCUT2D eigenvalue weighted by molar-refractivity contribution is -0.852. The highest BCUT2D eigenvalue weighted by Gasteiger charge is 2.69. The number of aliphatic imine (C=N–C) groups is 1. The Kier molecular flexibility index (Phi) is 8.82. The molecule has 10 heterocycles. The zero-order chi connectivity index (χ0) is 41.1. The molecule has 12 rings (SSSR count). The summed E-state index contributed by atoms with van der Waals surface area (Å²) in [6.45, 7) is 5.16. The molecule has 3 aromatic heterocycles. The number of hydrogen-bond donors (Lipinski definition) is 4. The maximum absolute atomic E-state index is 14.8. The van der Waals surface area contributed by atoms with Crippen molar-refractivity contribution in [2.24, 2.45) is 16.8 Å². The molecule has 4 aromatic rings. The summed E-state index contributed by atoms with van der Waals surface area (Å²) in [5.41, 5.74) is 18.1. The average Bonchev–Trinajstić information content (AvgIpc) is 3.55. The molecule has 15 heteroatoms. The number of hydrogen-bond acceptors (Lipinski definition) is 14. The number of carbonyl (C=O) groups excluding carboxylic acids is 1. The van der Waals surface area contributed by atoms with E-state index in [1.54, 1.807) is 34.6 Å². The predicted octanol–water partition coefficient (Wildman–Crippen LogP) is 5.48. The Morgan fingerprint density at radius 3 is 2.77 bits per heavy atom. The number of allylic oxidation sites excluding steroid dienone is 2. The third-order valence-corrected chi connectivity index (χ3v) is 15.8. The topological polar surface area (TPSA) is 193 Å². The number of nitrogen functional groups attached to an aromatic ring is 2. The standard InChI is InChI=1S/C45H44N6O7S2/c1-22-13-32(52)38-33(55-22)17-34-39(40(38)53)37-24-4-6-26(7-5-24)45-35(58-45)8-3-23-14-30(50-36(46)15-23)28-16-27(19-51-18-25-9-11-48-31(25)20-51)49-42(47)29(28)21-60-59-12-10-44(2,57-34)41(37)56-43(45)54/h4,6,9,11,13-17,20,24,26,35,37,41,53H,3,5,7-8,10,12,18-19,21H2,1-2H3,(H2,46,50)(H2,47,49)/p+1. The summed E-state index contributed by atoms with van der Waals surface area (Å²) < 4.78 is 26.2. The highest BCUT2D eigenvalue weighted by molar-refractivity contribution is 8.76. The molecule has 8 aliphatic rings. The van der Waals surface area contributed by atoms with Crippen LogP contribution in [0.5, 0.6) is 11.5 Å². The van der Waals surface area contributed by atoms with Crippen molar-refractivity contribution in [1.82, 2.24) is 9.97 Å². The number of anilines is 2. The Labute approximate surface area is 353 Å². The fourth-order valence-electron chi connectivity index (χ4n) is 10.5. The third kappa shape index (κ3) is 6.10. The fourth-order valence-corrected chi connectivity index (χ4v) is 12.8. The third-order valence-electron chi connectivity index (χ3n) is 13.5. The van der Waals surface area contributed by atoms with Gasteiger partial charge in [0.2, 0.25) is 0 Å². The van der Waals surface area contributed by atoms with Crippen molar-refractivity contribution >= 4 is 56.4 Å². The molecule has 0 amide bonds. The van der Waals surface area contributed by atoms with Gasteiger partial charge in [-0.15, -0.1) is 0 Å². The largest absolute Gasteiger partial charge is 0.507 e. The molecule has 0 saturated carbocycles. The van der Waals surface area contributed by atoms with Crippen LogP contribution < -0.4 is 26.5 Å². The molecule has 1 spiro atoms. The number of fused-ring (bicyclic) bond motifs is 8. The van der Waals surface area contributed by atoms with Crippen molar-refractivity contribution in [2.45, 2.75) is 87.6 Å². The highest BCUT2D eigenvalue weighted by Crippen LogP contribution is 2.59. The molecule has 1 aromatic carbocycles. The molecule has 6 N–H and O–H groups in total. The van der Waals surface area contributed by atoms with E-state index in [-0.39, 0.29) is 40.1 Å². The van der Waals surface area contributed by atoms with Crippen molar-refractivity contribution in [3.05, 3.63) is 104 Å². The maximum atomic E-state index is 14.8. The van der Waals surface area contributed by atoms with Gasteiger partial charge in [-0.25, -0.2) is 14.8 Å². The van der Waals surface area contributed by atoms with Crippen molar-refractivity contribution in [2.75, 3.05) is 23.8 Å². The molecule has 13 nitrogen and oxygen atoms in total. The molecule has 60 heavy (non-hydrogen) atoms. The van der Waals surface area contributed by atoms with Crippen LogP contribution in [0.4, 0.5) is 11.6 Å². The summed E-state index contributed by atoms with van der Waals surface area (Å²) in [5.74, 6) is 1.51. The number of aromatic hydroxyl groups is 1. The number of pyridine rings is 2. The van der Waals surface area contributed by atoms with E-state index in [1.807, 2.05) is 19.2 Å². The van der Waals surface area contributed by atoms with Gasteiger partial charge in [-0.2, -0.15) is 0 Å². The van der Waals surface area contributed by atoms with Gasteiger partial charge in [-0.3, -0.25) is 14.7 Å². The molecule has 1 aliphatic carbocycles. The average molecular weight is 846 g/mol. The van der Waals surface area contributed by atoms with Gasteiger partial charge in [-0.1, -0.05) is 33.7 Å². The molecule has 0 radical (unpaired) electrons.